The van der Waals surface area contributed by atoms with Crippen LogP contribution in [0.3, 0.4) is 0 Å². The maximum Gasteiger partial charge on any atom is 0.231 e. The molecule has 2 aromatic rings. The quantitative estimate of drug-likeness (QED) is 0.852. The lowest BCUT2D eigenvalue weighted by Gasteiger charge is -2.29. The molecule has 6 nitrogen and oxygen atoms in total. The molecule has 132 valence electrons. The maximum absolute atomic E-state index is 12.1. The number of hydrogen-bond acceptors (Lipinski definition) is 5. The van der Waals surface area contributed by atoms with Crippen LogP contribution in [-0.4, -0.2) is 42.4 Å². The smallest absolute Gasteiger partial charge is 0.231 e. The molecule has 1 aromatic carbocycles. The van der Waals surface area contributed by atoms with Crippen LogP contribution in [0.2, 0.25) is 15.2 Å². The van der Waals surface area contributed by atoms with Crippen LogP contribution in [0, 0.1) is 0 Å². The normalized spacial score (nSPS) is 15.9. The van der Waals surface area contributed by atoms with Crippen LogP contribution in [-0.2, 0) is 9.53 Å². The molecule has 0 saturated carbocycles. The van der Waals surface area contributed by atoms with E-state index in [0.717, 1.165) is 0 Å². The fourth-order valence-electron chi connectivity index (χ4n) is 2.77. The third kappa shape index (κ3) is 3.82. The Bertz CT molecular complexity index is 777. The van der Waals surface area contributed by atoms with E-state index >= 15 is 0 Å². The van der Waals surface area contributed by atoms with E-state index in [1.807, 2.05) is 4.90 Å². The largest absolute Gasteiger partial charge is 0.378 e. The minimum atomic E-state index is -0.925. The van der Waals surface area contributed by atoms with Gasteiger partial charge in [-0.2, -0.15) is 5.10 Å². The van der Waals surface area contributed by atoms with Gasteiger partial charge in [0.1, 0.15) is 5.92 Å². The van der Waals surface area contributed by atoms with Gasteiger partial charge in [0.05, 0.1) is 24.6 Å². The third-order valence-electron chi connectivity index (χ3n) is 3.97. The number of nitrogens with zero attached hydrogens (tertiary/aromatic N) is 3. The Balaban J connectivity index is 2.07. The molecule has 1 aromatic heterocycles. The number of carbonyl (C=O) groups excluding carboxylic acids is 1. The van der Waals surface area contributed by atoms with Crippen LogP contribution in [0.4, 0.5) is 5.69 Å². The number of anilines is 1. The van der Waals surface area contributed by atoms with Gasteiger partial charge >= 0.3 is 0 Å². The Morgan fingerprint density at radius 1 is 1.16 bits per heavy atom. The first kappa shape index (κ1) is 18.2. The lowest BCUT2D eigenvalue weighted by atomic mass is 9.94. The zero-order chi connectivity index (χ0) is 18.0. The van der Waals surface area contributed by atoms with Gasteiger partial charge in [-0.3, -0.25) is 4.79 Å². The second-order valence-corrected chi connectivity index (χ2v) is 6.69. The molecular formula is C16H15Cl3N4O2. The standard InChI is InChI=1S/C16H15Cl3N4O2/c17-9-2-1-3-10(18)13(9)14(16(20)24)11-8-12(15(19)22-21-11)23-4-6-25-7-5-23/h1-3,8,14H,4-7H2,(H2,20,24). The summed E-state index contributed by atoms with van der Waals surface area (Å²) in [7, 11) is 0. The van der Waals surface area contributed by atoms with Crippen LogP contribution in [0.5, 0.6) is 0 Å². The zero-order valence-electron chi connectivity index (χ0n) is 13.1. The predicted octanol–water partition coefficient (Wildman–Crippen LogP) is 2.89. The van der Waals surface area contributed by atoms with Gasteiger partial charge in [-0.15, -0.1) is 5.10 Å². The van der Waals surface area contributed by atoms with Crippen molar-refractivity contribution < 1.29 is 9.53 Å². The van der Waals surface area contributed by atoms with Crippen molar-refractivity contribution in [1.82, 2.24) is 10.2 Å². The van der Waals surface area contributed by atoms with E-state index < -0.39 is 11.8 Å². The van der Waals surface area contributed by atoms with E-state index in [1.54, 1.807) is 24.3 Å². The second-order valence-electron chi connectivity index (χ2n) is 5.52. The van der Waals surface area contributed by atoms with Gasteiger partial charge in [-0.25, -0.2) is 0 Å². The van der Waals surface area contributed by atoms with Gasteiger partial charge in [0.15, 0.2) is 5.15 Å². The summed E-state index contributed by atoms with van der Waals surface area (Å²) < 4.78 is 5.35. The zero-order valence-corrected chi connectivity index (χ0v) is 15.4. The minimum absolute atomic E-state index is 0.249. The van der Waals surface area contributed by atoms with Crippen molar-refractivity contribution in [2.24, 2.45) is 5.73 Å². The molecule has 2 N–H and O–H groups in total. The Labute approximate surface area is 159 Å². The summed E-state index contributed by atoms with van der Waals surface area (Å²) in [6.45, 7) is 2.50. The molecule has 1 aliphatic rings. The van der Waals surface area contributed by atoms with Gasteiger partial charge in [0.25, 0.3) is 0 Å². The number of aromatic nitrogens is 2. The van der Waals surface area contributed by atoms with Gasteiger partial charge in [0.2, 0.25) is 5.91 Å². The van der Waals surface area contributed by atoms with Crippen molar-refractivity contribution in [2.75, 3.05) is 31.2 Å². The van der Waals surface area contributed by atoms with Crippen molar-refractivity contribution in [1.29, 1.82) is 0 Å². The van der Waals surface area contributed by atoms with Crippen molar-refractivity contribution >= 4 is 46.4 Å². The number of ether oxygens (including phenoxy) is 1. The van der Waals surface area contributed by atoms with E-state index in [-0.39, 0.29) is 5.15 Å². The van der Waals surface area contributed by atoms with Crippen LogP contribution in [0.15, 0.2) is 24.3 Å². The van der Waals surface area contributed by atoms with Gasteiger partial charge in [-0.1, -0.05) is 40.9 Å². The van der Waals surface area contributed by atoms with E-state index in [9.17, 15) is 4.79 Å². The molecule has 0 aliphatic carbocycles. The molecule has 2 heterocycles. The molecular weight excluding hydrogens is 387 g/mol. The average molecular weight is 402 g/mol. The number of nitrogens with two attached hydrogens (primary N) is 1. The lowest BCUT2D eigenvalue weighted by Crippen LogP contribution is -2.36. The summed E-state index contributed by atoms with van der Waals surface area (Å²) in [6.07, 6.45) is 0. The highest BCUT2D eigenvalue weighted by Crippen LogP contribution is 2.36. The number of benzene rings is 1. The van der Waals surface area contributed by atoms with Crippen molar-refractivity contribution in [2.45, 2.75) is 5.92 Å². The molecule has 1 saturated heterocycles. The fraction of sp³-hybridized carbons (Fsp3) is 0.312. The van der Waals surface area contributed by atoms with Crippen LogP contribution >= 0.6 is 34.8 Å². The van der Waals surface area contributed by atoms with Gasteiger partial charge in [-0.05, 0) is 18.2 Å². The number of morpholine rings is 1. The number of rotatable bonds is 4. The van der Waals surface area contributed by atoms with Crippen LogP contribution in [0.25, 0.3) is 0 Å². The van der Waals surface area contributed by atoms with Crippen LogP contribution in [0.1, 0.15) is 17.2 Å². The van der Waals surface area contributed by atoms with E-state index in [1.165, 1.54) is 0 Å². The lowest BCUT2D eigenvalue weighted by molar-refractivity contribution is -0.118. The summed E-state index contributed by atoms with van der Waals surface area (Å²) in [5, 5.41) is 8.96. The topological polar surface area (TPSA) is 81.3 Å². The molecule has 1 fully saturated rings. The summed E-state index contributed by atoms with van der Waals surface area (Å²) in [5.41, 5.74) is 7.03. The third-order valence-corrected chi connectivity index (χ3v) is 4.90. The highest BCUT2D eigenvalue weighted by atomic mass is 35.5. The van der Waals surface area contributed by atoms with Gasteiger partial charge < -0.3 is 15.4 Å². The average Bonchev–Trinajstić information content (AvgIpc) is 2.59. The Morgan fingerprint density at radius 3 is 2.40 bits per heavy atom. The van der Waals surface area contributed by atoms with Crippen molar-refractivity contribution in [3.63, 3.8) is 0 Å². The number of primary amides is 1. The predicted molar refractivity (Wildman–Crippen MR) is 97.6 cm³/mol. The molecule has 25 heavy (non-hydrogen) atoms. The molecule has 1 amide bonds. The number of carbonyl (C=O) groups is 1. The summed E-state index contributed by atoms with van der Waals surface area (Å²) in [4.78, 5) is 14.2. The van der Waals surface area contributed by atoms with E-state index in [4.69, 9.17) is 45.3 Å². The molecule has 3 rings (SSSR count). The number of amides is 1. The highest BCUT2D eigenvalue weighted by molar-refractivity contribution is 6.36. The SMILES string of the molecule is NC(=O)C(c1cc(N2CCOCC2)c(Cl)nn1)c1c(Cl)cccc1Cl. The molecule has 0 bridgehead atoms. The second kappa shape index (κ2) is 7.74. The number of halogens is 3. The first-order valence-electron chi connectivity index (χ1n) is 7.58. The van der Waals surface area contributed by atoms with Gasteiger partial charge in [0, 0.05) is 28.7 Å². The number of hydrogen-bond donors (Lipinski definition) is 1. The molecule has 0 radical (unpaired) electrons. The van der Waals surface area contributed by atoms with E-state index in [0.29, 0.717) is 53.3 Å². The van der Waals surface area contributed by atoms with Crippen LogP contribution < -0.4 is 10.6 Å². The molecule has 1 atom stereocenters. The fourth-order valence-corrected chi connectivity index (χ4v) is 3.60. The monoisotopic (exact) mass is 400 g/mol. The Morgan fingerprint density at radius 2 is 1.80 bits per heavy atom. The summed E-state index contributed by atoms with van der Waals surface area (Å²) in [6, 6.07) is 6.69. The first-order chi connectivity index (χ1) is 12.0. The molecule has 0 spiro atoms. The summed E-state index contributed by atoms with van der Waals surface area (Å²) in [5.74, 6) is -1.55. The summed E-state index contributed by atoms with van der Waals surface area (Å²) >= 11 is 18.7. The molecule has 1 unspecified atom stereocenters. The van der Waals surface area contributed by atoms with E-state index in [2.05, 4.69) is 10.2 Å². The molecule has 1 aliphatic heterocycles. The van der Waals surface area contributed by atoms with Crippen molar-refractivity contribution in [3.8, 4) is 0 Å². The highest BCUT2D eigenvalue weighted by Gasteiger charge is 2.28. The first-order valence-corrected chi connectivity index (χ1v) is 8.71. The Hall–Kier alpha value is -1.60. The minimum Gasteiger partial charge on any atom is -0.378 e. The van der Waals surface area contributed by atoms with Crippen molar-refractivity contribution in [3.05, 3.63) is 50.7 Å². The Kier molecular flexibility index (Phi) is 5.64. The molecule has 9 heteroatoms. The maximum atomic E-state index is 12.1.